The average Bonchev–Trinajstić information content (AvgIpc) is 3.25. The minimum atomic E-state index is -0.0692. The minimum Gasteiger partial charge on any atom is -0.497 e. The summed E-state index contributed by atoms with van der Waals surface area (Å²) in [5.74, 6) is 1.75. The van der Waals surface area contributed by atoms with Gasteiger partial charge in [0.1, 0.15) is 23.3 Å². The Morgan fingerprint density at radius 3 is 2.52 bits per heavy atom. The maximum absolute atomic E-state index is 13.2. The van der Waals surface area contributed by atoms with Crippen LogP contribution in [-0.2, 0) is 7.05 Å². The molecule has 1 aliphatic heterocycles. The molecule has 1 aromatic carbocycles. The lowest BCUT2D eigenvalue weighted by atomic mass is 10.1. The molecule has 0 radical (unpaired) electrons. The summed E-state index contributed by atoms with van der Waals surface area (Å²) in [7, 11) is 6.48. The predicted molar refractivity (Wildman–Crippen MR) is 120 cm³/mol. The van der Waals surface area contributed by atoms with Crippen molar-refractivity contribution in [2.24, 2.45) is 7.05 Å². The van der Waals surface area contributed by atoms with E-state index in [2.05, 4.69) is 15.1 Å². The summed E-state index contributed by atoms with van der Waals surface area (Å²) in [6, 6.07) is 9.24. The molecule has 3 heterocycles. The van der Waals surface area contributed by atoms with Crippen LogP contribution < -0.4 is 18.9 Å². The van der Waals surface area contributed by atoms with E-state index in [1.165, 1.54) is 7.11 Å². The van der Waals surface area contributed by atoms with Gasteiger partial charge in [-0.1, -0.05) is 0 Å². The number of aromatic nitrogens is 4. The second kappa shape index (κ2) is 9.76. The number of methoxy groups -OCH3 is 3. The number of benzene rings is 1. The van der Waals surface area contributed by atoms with Crippen LogP contribution in [-0.4, -0.2) is 71.1 Å². The first-order chi connectivity index (χ1) is 16.0. The van der Waals surface area contributed by atoms with Crippen molar-refractivity contribution in [2.45, 2.75) is 18.9 Å². The number of carbonyl (C=O) groups excluding carboxylic acids is 1. The smallest absolute Gasteiger partial charge is 0.319 e. The van der Waals surface area contributed by atoms with Crippen molar-refractivity contribution < 1.29 is 23.7 Å². The van der Waals surface area contributed by atoms with Crippen molar-refractivity contribution in [3.05, 3.63) is 42.2 Å². The molecule has 0 aliphatic carbocycles. The molecule has 1 amide bonds. The van der Waals surface area contributed by atoms with Crippen LogP contribution in [0.5, 0.6) is 23.4 Å². The van der Waals surface area contributed by atoms with E-state index in [4.69, 9.17) is 18.9 Å². The lowest BCUT2D eigenvalue weighted by Gasteiger charge is -2.31. The summed E-state index contributed by atoms with van der Waals surface area (Å²) in [5.41, 5.74) is 1.92. The fourth-order valence-corrected chi connectivity index (χ4v) is 3.81. The van der Waals surface area contributed by atoms with Crippen LogP contribution in [0.1, 0.15) is 23.3 Å². The number of hydrogen-bond acceptors (Lipinski definition) is 8. The number of ether oxygens (including phenoxy) is 4. The molecule has 0 saturated carbocycles. The molecule has 1 fully saturated rings. The van der Waals surface area contributed by atoms with Gasteiger partial charge in [0.2, 0.25) is 5.88 Å². The predicted octanol–water partition coefficient (Wildman–Crippen LogP) is 2.59. The van der Waals surface area contributed by atoms with E-state index in [0.717, 1.165) is 5.56 Å². The average molecular weight is 453 g/mol. The fraction of sp³-hybridized carbons (Fsp3) is 0.391. The number of nitrogens with zero attached hydrogens (tertiary/aromatic N) is 5. The summed E-state index contributed by atoms with van der Waals surface area (Å²) >= 11 is 0. The van der Waals surface area contributed by atoms with E-state index in [1.54, 1.807) is 44.3 Å². The van der Waals surface area contributed by atoms with Crippen molar-refractivity contribution in [1.29, 1.82) is 0 Å². The Kier molecular flexibility index (Phi) is 6.62. The van der Waals surface area contributed by atoms with E-state index < -0.39 is 0 Å². The minimum absolute atomic E-state index is 0.0307. The van der Waals surface area contributed by atoms with Gasteiger partial charge in [-0.15, -0.1) is 0 Å². The summed E-state index contributed by atoms with van der Waals surface area (Å²) in [6.45, 7) is 1.16. The third-order valence-corrected chi connectivity index (χ3v) is 5.59. The number of likely N-dealkylation sites (tertiary alicyclic amines) is 1. The van der Waals surface area contributed by atoms with Gasteiger partial charge in [-0.2, -0.15) is 10.1 Å². The zero-order chi connectivity index (χ0) is 23.4. The van der Waals surface area contributed by atoms with E-state index in [1.807, 2.05) is 23.1 Å². The number of hydrogen-bond donors (Lipinski definition) is 0. The molecule has 174 valence electrons. The molecule has 1 aliphatic rings. The Balaban J connectivity index is 1.44. The van der Waals surface area contributed by atoms with Gasteiger partial charge in [-0.05, 0) is 24.3 Å². The van der Waals surface area contributed by atoms with Gasteiger partial charge in [0.05, 0.1) is 27.0 Å². The summed E-state index contributed by atoms with van der Waals surface area (Å²) in [6.07, 6.45) is 2.97. The van der Waals surface area contributed by atoms with Crippen LogP contribution in [0.4, 0.5) is 0 Å². The largest absolute Gasteiger partial charge is 0.497 e. The molecule has 1 saturated heterocycles. The number of amides is 1. The van der Waals surface area contributed by atoms with E-state index in [9.17, 15) is 4.79 Å². The van der Waals surface area contributed by atoms with Crippen molar-refractivity contribution in [3.8, 4) is 34.6 Å². The lowest BCUT2D eigenvalue weighted by Crippen LogP contribution is -2.42. The van der Waals surface area contributed by atoms with Crippen molar-refractivity contribution in [1.82, 2.24) is 24.6 Å². The standard InChI is InChI=1S/C23H27N5O5/c1-27-19(14-18(26-27)17-13-16(30-2)5-6-20(17)31-3)22(29)28-11-8-15(9-12-28)33-21-7-10-24-23(25-21)32-4/h5-7,10,13-15H,8-9,11-12H2,1-4H3. The molecule has 10 heteroatoms. The van der Waals surface area contributed by atoms with Gasteiger partial charge in [0.25, 0.3) is 5.91 Å². The molecule has 0 N–H and O–H groups in total. The van der Waals surface area contributed by atoms with Gasteiger partial charge >= 0.3 is 6.01 Å². The Hall–Kier alpha value is -3.82. The highest BCUT2D eigenvalue weighted by Crippen LogP contribution is 2.33. The second-order valence-corrected chi connectivity index (χ2v) is 7.60. The van der Waals surface area contributed by atoms with Crippen LogP contribution in [0, 0.1) is 0 Å². The van der Waals surface area contributed by atoms with Crippen LogP contribution in [0.15, 0.2) is 36.5 Å². The second-order valence-electron chi connectivity index (χ2n) is 7.60. The molecule has 4 rings (SSSR count). The highest BCUT2D eigenvalue weighted by atomic mass is 16.5. The highest BCUT2D eigenvalue weighted by Gasteiger charge is 2.27. The van der Waals surface area contributed by atoms with Crippen LogP contribution in [0.2, 0.25) is 0 Å². The number of piperidine rings is 1. The van der Waals surface area contributed by atoms with Gasteiger partial charge in [-0.25, -0.2) is 4.98 Å². The van der Waals surface area contributed by atoms with Crippen molar-refractivity contribution in [2.75, 3.05) is 34.4 Å². The topological polar surface area (TPSA) is 101 Å². The molecule has 0 spiro atoms. The number of carbonyl (C=O) groups is 1. The molecule has 0 atom stereocenters. The first-order valence-electron chi connectivity index (χ1n) is 10.6. The third kappa shape index (κ3) is 4.84. The van der Waals surface area contributed by atoms with E-state index >= 15 is 0 Å². The summed E-state index contributed by atoms with van der Waals surface area (Å²) < 4.78 is 23.4. The Morgan fingerprint density at radius 1 is 1.03 bits per heavy atom. The van der Waals surface area contributed by atoms with E-state index in [0.29, 0.717) is 54.7 Å². The first-order valence-corrected chi connectivity index (χ1v) is 10.6. The Morgan fingerprint density at radius 2 is 1.82 bits per heavy atom. The van der Waals surface area contributed by atoms with Gasteiger partial charge in [-0.3, -0.25) is 9.48 Å². The molecule has 0 bridgehead atoms. The van der Waals surface area contributed by atoms with Crippen LogP contribution >= 0.6 is 0 Å². The Labute approximate surface area is 192 Å². The number of aryl methyl sites for hydroxylation is 1. The monoisotopic (exact) mass is 453 g/mol. The van der Waals surface area contributed by atoms with Crippen molar-refractivity contribution >= 4 is 5.91 Å². The van der Waals surface area contributed by atoms with Gasteiger partial charge < -0.3 is 23.8 Å². The third-order valence-electron chi connectivity index (χ3n) is 5.59. The summed E-state index contributed by atoms with van der Waals surface area (Å²) in [5, 5.41) is 4.55. The molecular weight excluding hydrogens is 426 g/mol. The quantitative estimate of drug-likeness (QED) is 0.538. The molecule has 3 aromatic rings. The maximum atomic E-state index is 13.2. The normalized spacial score (nSPS) is 14.1. The molecule has 10 nitrogen and oxygen atoms in total. The van der Waals surface area contributed by atoms with Crippen molar-refractivity contribution in [3.63, 3.8) is 0 Å². The zero-order valence-corrected chi connectivity index (χ0v) is 19.1. The fourth-order valence-electron chi connectivity index (χ4n) is 3.81. The molecule has 33 heavy (non-hydrogen) atoms. The molecule has 0 unspecified atom stereocenters. The van der Waals surface area contributed by atoms with Crippen LogP contribution in [0.3, 0.4) is 0 Å². The molecular formula is C23H27N5O5. The molecule has 2 aromatic heterocycles. The first kappa shape index (κ1) is 22.4. The van der Waals surface area contributed by atoms with Gasteiger partial charge in [0, 0.05) is 50.8 Å². The maximum Gasteiger partial charge on any atom is 0.319 e. The zero-order valence-electron chi connectivity index (χ0n) is 19.1. The van der Waals surface area contributed by atoms with E-state index in [-0.39, 0.29) is 18.0 Å². The Bertz CT molecular complexity index is 1120. The SMILES string of the molecule is COc1ccc(OC)c(-c2cc(C(=O)N3CCC(Oc4ccnc(OC)n4)CC3)n(C)n2)c1. The highest BCUT2D eigenvalue weighted by molar-refractivity contribution is 5.94. The number of rotatable bonds is 7. The lowest BCUT2D eigenvalue weighted by molar-refractivity contribution is 0.0576. The van der Waals surface area contributed by atoms with Gasteiger partial charge in [0.15, 0.2) is 0 Å². The van der Waals surface area contributed by atoms with Crippen LogP contribution in [0.25, 0.3) is 11.3 Å². The summed E-state index contributed by atoms with van der Waals surface area (Å²) in [4.78, 5) is 23.2.